The third-order valence-electron chi connectivity index (χ3n) is 13.1. The minimum atomic E-state index is -2.87. The van der Waals surface area contributed by atoms with E-state index in [2.05, 4.69) is 73.7 Å². The number of benzene rings is 3. The normalized spacial score (nSPS) is 27.9. The Bertz CT molecular complexity index is 2070. The summed E-state index contributed by atoms with van der Waals surface area (Å²) in [6, 6.07) is 27.6. The van der Waals surface area contributed by atoms with Crippen LogP contribution in [0.1, 0.15) is 91.8 Å². The summed E-state index contributed by atoms with van der Waals surface area (Å²) in [5.41, 5.74) is -2.56. The molecule has 3 aliphatic heterocycles. The summed E-state index contributed by atoms with van der Waals surface area (Å²) in [6.07, 6.45) is -6.15. The van der Waals surface area contributed by atoms with E-state index in [1.54, 1.807) is 60.7 Å². The molecule has 0 aliphatic carbocycles. The lowest BCUT2D eigenvalue weighted by Gasteiger charge is -2.52. The predicted molar refractivity (Wildman–Crippen MR) is 234 cm³/mol. The molecule has 0 saturated carbocycles. The van der Waals surface area contributed by atoms with E-state index >= 15 is 0 Å². The summed E-state index contributed by atoms with van der Waals surface area (Å²) in [5.74, 6) is -8.08. The van der Waals surface area contributed by atoms with Crippen molar-refractivity contribution in [3.63, 3.8) is 0 Å². The van der Waals surface area contributed by atoms with Crippen molar-refractivity contribution in [3.8, 4) is 0 Å². The zero-order valence-corrected chi connectivity index (χ0v) is 38.8. The van der Waals surface area contributed by atoms with Crippen molar-refractivity contribution in [3.05, 3.63) is 120 Å². The summed E-state index contributed by atoms with van der Waals surface area (Å²) in [7, 11) is -2.64. The number of hydrogen-bond donors (Lipinski definition) is 2. The van der Waals surface area contributed by atoms with E-state index in [0.717, 1.165) is 5.56 Å². The van der Waals surface area contributed by atoms with E-state index in [9.17, 15) is 24.6 Å². The lowest BCUT2D eigenvalue weighted by atomic mass is 9.70. The topological polar surface area (TPSA) is 156 Å². The van der Waals surface area contributed by atoms with E-state index in [1.807, 2.05) is 18.2 Å². The Morgan fingerprint density at radius 2 is 1.32 bits per heavy atom. The molecule has 2 N–H and O–H groups in total. The van der Waals surface area contributed by atoms with E-state index in [-0.39, 0.29) is 42.0 Å². The van der Waals surface area contributed by atoms with Gasteiger partial charge in [-0.25, -0.2) is 14.4 Å². The fraction of sp³-hybridized carbons (Fsp3) is 0.531. The maximum absolute atomic E-state index is 15.0. The van der Waals surface area contributed by atoms with E-state index < -0.39 is 73.4 Å². The molecule has 3 aromatic rings. The zero-order valence-electron chi connectivity index (χ0n) is 37.8. The molecule has 336 valence electrons. The molecule has 8 atom stereocenters. The van der Waals surface area contributed by atoms with Crippen molar-refractivity contribution in [2.24, 2.45) is 5.92 Å². The highest BCUT2D eigenvalue weighted by Gasteiger charge is 2.89. The first kappa shape index (κ1) is 47.3. The van der Waals surface area contributed by atoms with Gasteiger partial charge in [0, 0.05) is 6.42 Å². The van der Waals surface area contributed by atoms with Gasteiger partial charge in [-0.15, -0.1) is 0 Å². The van der Waals surface area contributed by atoms with E-state index in [4.69, 9.17) is 32.8 Å². The number of esters is 3. The van der Waals surface area contributed by atoms with E-state index in [1.165, 1.54) is 13.8 Å². The predicted octanol–water partition coefficient (Wildman–Crippen LogP) is 7.88. The molecule has 3 aromatic carbocycles. The standard InChI is InChI=1S/C49H64O12Si/c1-32(37(33(2)29-34-21-15-12-16-22-34)59-62(11,44(3,4)5)45(6,7)8)27-28-47(54)38(50)39-48(60-46(9,10)58-39)43(53)57-40(41(51)55-30-35-23-17-13-18-24-35)49(48,61-47)42(52)56-31-36-25-19-14-20-26-36/h12-26,33,37-40,50,54H,1,27-31H2,2-11H3/t33-,37-,38-,39-,40-,47-,48+,49-/m1/s1. The lowest BCUT2D eigenvalue weighted by molar-refractivity contribution is -0.372. The van der Waals surface area contributed by atoms with Crippen LogP contribution in [0.3, 0.4) is 0 Å². The van der Waals surface area contributed by atoms with E-state index in [0.29, 0.717) is 23.1 Å². The maximum Gasteiger partial charge on any atom is 0.351 e. The Hall–Kier alpha value is -4.21. The number of cyclic esters (lactones) is 1. The second kappa shape index (κ2) is 17.4. The Morgan fingerprint density at radius 3 is 1.84 bits per heavy atom. The van der Waals surface area contributed by atoms with Crippen molar-refractivity contribution in [1.29, 1.82) is 0 Å². The van der Waals surface area contributed by atoms with Gasteiger partial charge in [-0.3, -0.25) is 0 Å². The van der Waals surface area contributed by atoms with Crippen LogP contribution < -0.4 is 0 Å². The number of carbonyl (C=O) groups excluding carboxylic acids is 3. The Morgan fingerprint density at radius 1 is 0.823 bits per heavy atom. The van der Waals surface area contributed by atoms with Crippen molar-refractivity contribution >= 4 is 26.2 Å². The maximum atomic E-state index is 15.0. The van der Waals surface area contributed by atoms with Gasteiger partial charge in [-0.1, -0.05) is 146 Å². The summed E-state index contributed by atoms with van der Waals surface area (Å²) in [6.45, 7) is 24.4. The quantitative estimate of drug-likeness (QED) is 0.0661. The van der Waals surface area contributed by atoms with Crippen molar-refractivity contribution in [2.45, 2.75) is 159 Å². The molecule has 62 heavy (non-hydrogen) atoms. The van der Waals surface area contributed by atoms with Crippen LogP contribution in [0.15, 0.2) is 103 Å². The number of rotatable bonds is 15. The second-order valence-electron chi connectivity index (χ2n) is 19.7. The zero-order chi connectivity index (χ0) is 45.5. The number of ether oxygens (including phenoxy) is 6. The van der Waals surface area contributed by atoms with Crippen LogP contribution in [-0.4, -0.2) is 83.6 Å². The molecule has 12 nitrogen and oxygen atoms in total. The van der Waals surface area contributed by atoms with Gasteiger partial charge in [-0.2, -0.15) is 0 Å². The average Bonchev–Trinajstić information content (AvgIpc) is 3.66. The van der Waals surface area contributed by atoms with Crippen LogP contribution in [0, 0.1) is 5.92 Å². The second-order valence-corrected chi connectivity index (χ2v) is 25.0. The van der Waals surface area contributed by atoms with Gasteiger partial charge in [-0.05, 0) is 71.5 Å². The Labute approximate surface area is 367 Å². The fourth-order valence-corrected chi connectivity index (χ4v) is 13.0. The van der Waals surface area contributed by atoms with Gasteiger partial charge in [0.2, 0.25) is 20.0 Å². The largest absolute Gasteiger partial charge is 0.458 e. The Kier molecular flexibility index (Phi) is 13.3. The molecular weight excluding hydrogens is 809 g/mol. The summed E-state index contributed by atoms with van der Waals surface area (Å²) < 4.78 is 43.7. The smallest absolute Gasteiger partial charge is 0.351 e. The SMILES string of the molecule is C=C(CC[C@@]1(O)O[C@@]2(C(=O)OCc3ccccc3)[C@@H](C(=O)OCc3ccccc3)OC(=O)[C@]23OC(C)(C)O[C@@H]3[C@H]1O)[C@@H](O[Si](C)(C(C)(C)C)C(C)(C)C)[C@H](C)Cc1ccccc1. The third kappa shape index (κ3) is 8.69. The fourth-order valence-electron chi connectivity index (χ4n) is 9.18. The first-order valence-electron chi connectivity index (χ1n) is 21.4. The molecule has 0 bridgehead atoms. The average molecular weight is 873 g/mol. The van der Waals surface area contributed by atoms with Crippen LogP contribution in [-0.2, 0) is 66.9 Å². The molecule has 13 heteroatoms. The monoisotopic (exact) mass is 872 g/mol. The molecule has 0 unspecified atom stereocenters. The van der Waals surface area contributed by atoms with Gasteiger partial charge in [0.05, 0.1) is 6.10 Å². The molecule has 6 rings (SSSR count). The molecule has 3 saturated heterocycles. The first-order chi connectivity index (χ1) is 28.9. The van der Waals surface area contributed by atoms with Gasteiger partial charge in [0.1, 0.15) is 25.4 Å². The number of aliphatic hydroxyl groups is 2. The van der Waals surface area contributed by atoms with Crippen LogP contribution in [0.25, 0.3) is 0 Å². The van der Waals surface area contributed by atoms with Gasteiger partial charge in [0.25, 0.3) is 5.60 Å². The van der Waals surface area contributed by atoms with Crippen molar-refractivity contribution in [1.82, 2.24) is 0 Å². The van der Waals surface area contributed by atoms with Gasteiger partial charge >= 0.3 is 17.9 Å². The summed E-state index contributed by atoms with van der Waals surface area (Å²) >= 11 is 0. The van der Waals surface area contributed by atoms with Crippen molar-refractivity contribution in [2.75, 3.05) is 0 Å². The van der Waals surface area contributed by atoms with Crippen LogP contribution in [0.2, 0.25) is 16.6 Å². The molecule has 0 aromatic heterocycles. The van der Waals surface area contributed by atoms with Crippen LogP contribution in [0.5, 0.6) is 0 Å². The molecule has 3 fully saturated rings. The summed E-state index contributed by atoms with van der Waals surface area (Å²) in [5, 5.41) is 24.6. The number of carbonyl (C=O) groups is 3. The van der Waals surface area contributed by atoms with Gasteiger partial charge < -0.3 is 43.1 Å². The molecule has 0 radical (unpaired) electrons. The minimum absolute atomic E-state index is 0.0210. The lowest BCUT2D eigenvalue weighted by Crippen LogP contribution is -2.80. The third-order valence-corrected chi connectivity index (χ3v) is 19.5. The number of hydrogen-bond acceptors (Lipinski definition) is 12. The molecule has 3 heterocycles. The van der Waals surface area contributed by atoms with Crippen LogP contribution in [0.4, 0.5) is 0 Å². The van der Waals surface area contributed by atoms with Crippen LogP contribution >= 0.6 is 0 Å². The minimum Gasteiger partial charge on any atom is -0.458 e. The number of aliphatic hydroxyl groups excluding tert-OH is 1. The highest BCUT2D eigenvalue weighted by molar-refractivity contribution is 6.78. The van der Waals surface area contributed by atoms with Crippen molar-refractivity contribution < 1.29 is 57.4 Å². The highest BCUT2D eigenvalue weighted by Crippen LogP contribution is 2.60. The summed E-state index contributed by atoms with van der Waals surface area (Å²) in [4.78, 5) is 43.6. The highest BCUT2D eigenvalue weighted by atomic mass is 28.4. The first-order valence-corrected chi connectivity index (χ1v) is 23.8. The molecule has 3 aliphatic rings. The Balaban J connectivity index is 1.40. The molecular formula is C49H64O12Si. The molecule has 1 spiro atoms. The molecule has 0 amide bonds. The van der Waals surface area contributed by atoms with Gasteiger partial charge in [0.15, 0.2) is 11.6 Å².